The number of halogens is 2. The number of alkyl halides is 2. The van der Waals surface area contributed by atoms with E-state index in [1.165, 1.54) is 18.3 Å². The van der Waals surface area contributed by atoms with Gasteiger partial charge in [0.1, 0.15) is 11.1 Å². The monoisotopic (exact) mass is 482 g/mol. The minimum Gasteiger partial charge on any atom is -0.415 e. The van der Waals surface area contributed by atoms with Gasteiger partial charge in [0.2, 0.25) is 17.7 Å². The topological polar surface area (TPSA) is 118 Å². The fourth-order valence-corrected chi connectivity index (χ4v) is 5.02. The number of benzene rings is 1. The third kappa shape index (κ3) is 5.11. The lowest BCUT2D eigenvalue weighted by Crippen LogP contribution is -2.68. The summed E-state index contributed by atoms with van der Waals surface area (Å²) < 4.78 is 57.7. The summed E-state index contributed by atoms with van der Waals surface area (Å²) in [4.78, 5) is 28.6. The number of ether oxygens (including phenoxy) is 1. The second kappa shape index (κ2) is 9.40. The van der Waals surface area contributed by atoms with Gasteiger partial charge in [0.05, 0.1) is 0 Å². The zero-order valence-corrected chi connectivity index (χ0v) is 19.0. The van der Waals surface area contributed by atoms with Gasteiger partial charge in [0.25, 0.3) is 0 Å². The van der Waals surface area contributed by atoms with Crippen LogP contribution in [0.15, 0.2) is 42.6 Å². The van der Waals surface area contributed by atoms with Crippen molar-refractivity contribution in [1.82, 2.24) is 14.0 Å². The number of nitrogens with zero attached hydrogens (tertiary/aromatic N) is 2. The van der Waals surface area contributed by atoms with E-state index in [4.69, 9.17) is 0 Å². The van der Waals surface area contributed by atoms with Crippen molar-refractivity contribution in [2.24, 2.45) is 0 Å². The summed E-state index contributed by atoms with van der Waals surface area (Å²) in [6, 6.07) is 9.92. The van der Waals surface area contributed by atoms with Crippen LogP contribution in [0.2, 0.25) is 0 Å². The van der Waals surface area contributed by atoms with E-state index in [9.17, 15) is 26.8 Å². The van der Waals surface area contributed by atoms with Crippen LogP contribution in [0.1, 0.15) is 37.8 Å². The summed E-state index contributed by atoms with van der Waals surface area (Å²) in [5.74, 6) is -1.82. The molecule has 1 aromatic heterocycles. The number of carbonyl (C=O) groups is 2. The van der Waals surface area contributed by atoms with Crippen LogP contribution in [0.25, 0.3) is 0 Å². The molecule has 1 aliphatic heterocycles. The van der Waals surface area contributed by atoms with Gasteiger partial charge in [-0.1, -0.05) is 38.1 Å². The van der Waals surface area contributed by atoms with Crippen molar-refractivity contribution in [2.45, 2.75) is 38.7 Å². The van der Waals surface area contributed by atoms with E-state index in [0.717, 1.165) is 16.8 Å². The highest BCUT2D eigenvalue weighted by atomic mass is 32.2. The third-order valence-electron chi connectivity index (χ3n) is 5.26. The molecule has 1 fully saturated rings. The summed E-state index contributed by atoms with van der Waals surface area (Å²) >= 11 is 0. The molecule has 2 amide bonds. The highest BCUT2D eigenvalue weighted by Gasteiger charge is 2.55. The number of pyridine rings is 1. The summed E-state index contributed by atoms with van der Waals surface area (Å²) in [5, 5.41) is 2.57. The highest BCUT2D eigenvalue weighted by Crippen LogP contribution is 2.41. The van der Waals surface area contributed by atoms with Gasteiger partial charge in [-0.05, 0) is 29.2 Å². The molecule has 178 valence electrons. The molecule has 2 heterocycles. The Balaban J connectivity index is 2.00. The number of anilines is 1. The molecule has 0 saturated carbocycles. The smallest absolute Gasteiger partial charge is 0.388 e. The Hall–Kier alpha value is -3.12. The van der Waals surface area contributed by atoms with Gasteiger partial charge in [0, 0.05) is 26.2 Å². The van der Waals surface area contributed by atoms with E-state index >= 15 is 0 Å². The van der Waals surface area contributed by atoms with Crippen LogP contribution >= 0.6 is 0 Å². The van der Waals surface area contributed by atoms with Crippen molar-refractivity contribution in [3.8, 4) is 5.88 Å². The van der Waals surface area contributed by atoms with Gasteiger partial charge in [-0.15, -0.1) is 0 Å². The van der Waals surface area contributed by atoms with Crippen molar-refractivity contribution in [2.75, 3.05) is 18.4 Å². The largest absolute Gasteiger partial charge is 0.415 e. The van der Waals surface area contributed by atoms with Crippen LogP contribution in [0.4, 0.5) is 14.5 Å². The van der Waals surface area contributed by atoms with Crippen LogP contribution in [-0.4, -0.2) is 49.2 Å². The van der Waals surface area contributed by atoms with E-state index in [1.807, 2.05) is 30.7 Å². The van der Waals surface area contributed by atoms with E-state index in [1.54, 1.807) is 12.1 Å². The molecule has 3 rings (SSSR count). The molecule has 1 saturated heterocycles. The fourth-order valence-electron chi connectivity index (χ4n) is 3.75. The average Bonchev–Trinajstić information content (AvgIpc) is 2.67. The molecular weight excluding hydrogens is 458 g/mol. The first-order chi connectivity index (χ1) is 15.5. The van der Waals surface area contributed by atoms with Crippen molar-refractivity contribution in [3.63, 3.8) is 0 Å². The third-order valence-corrected chi connectivity index (χ3v) is 6.74. The molecule has 0 atom stereocenters. The molecule has 0 spiro atoms. The Bertz CT molecular complexity index is 1150. The Morgan fingerprint density at radius 2 is 1.82 bits per heavy atom. The number of hydrogen-bond donors (Lipinski definition) is 2. The Kier molecular flexibility index (Phi) is 6.98. The normalized spacial score (nSPS) is 15.7. The van der Waals surface area contributed by atoms with Crippen molar-refractivity contribution >= 4 is 27.7 Å². The molecule has 0 radical (unpaired) electrons. The molecule has 2 N–H and O–H groups in total. The molecule has 12 heteroatoms. The van der Waals surface area contributed by atoms with E-state index < -0.39 is 39.9 Å². The first-order valence-electron chi connectivity index (χ1n) is 10.1. The second-order valence-corrected chi connectivity index (χ2v) is 9.61. The maximum Gasteiger partial charge on any atom is 0.388 e. The maximum atomic E-state index is 13.5. The molecule has 1 aliphatic rings. The first kappa shape index (κ1) is 24.5. The summed E-state index contributed by atoms with van der Waals surface area (Å²) in [5.41, 5.74) is 0.0310. The minimum absolute atomic E-state index is 0.0167. The molecule has 2 aromatic rings. The van der Waals surface area contributed by atoms with Gasteiger partial charge in [-0.3, -0.25) is 9.59 Å². The predicted octanol–water partition coefficient (Wildman–Crippen LogP) is 2.38. The SMILES string of the molecule is CC(=O)NS(=O)(=O)N1CC(C(=O)Nc2cccnc2OC(F)F)(c2ccccc2C(C)C)C1. The summed E-state index contributed by atoms with van der Waals surface area (Å²) in [7, 11) is -4.15. The Morgan fingerprint density at radius 1 is 1.15 bits per heavy atom. The summed E-state index contributed by atoms with van der Waals surface area (Å²) in [6.45, 7) is 1.29. The van der Waals surface area contributed by atoms with E-state index in [0.29, 0.717) is 5.56 Å². The lowest BCUT2D eigenvalue weighted by molar-refractivity contribution is -0.125. The Labute approximate surface area is 190 Å². The second-order valence-electron chi connectivity index (χ2n) is 7.94. The van der Waals surface area contributed by atoms with E-state index in [-0.39, 0.29) is 24.7 Å². The predicted molar refractivity (Wildman–Crippen MR) is 116 cm³/mol. The zero-order valence-electron chi connectivity index (χ0n) is 18.2. The lowest BCUT2D eigenvalue weighted by atomic mass is 9.71. The van der Waals surface area contributed by atoms with Crippen molar-refractivity contribution in [1.29, 1.82) is 0 Å². The first-order valence-corrected chi connectivity index (χ1v) is 11.5. The molecule has 9 nitrogen and oxygen atoms in total. The molecule has 33 heavy (non-hydrogen) atoms. The molecule has 0 bridgehead atoms. The lowest BCUT2D eigenvalue weighted by Gasteiger charge is -2.48. The number of rotatable bonds is 8. The van der Waals surface area contributed by atoms with Gasteiger partial charge in [-0.2, -0.15) is 21.5 Å². The van der Waals surface area contributed by atoms with Gasteiger partial charge in [0.15, 0.2) is 0 Å². The van der Waals surface area contributed by atoms with Crippen LogP contribution in [-0.2, 0) is 25.2 Å². The molecule has 1 aromatic carbocycles. The number of nitrogens with one attached hydrogen (secondary N) is 2. The number of carbonyl (C=O) groups excluding carboxylic acids is 2. The average molecular weight is 483 g/mol. The molecular formula is C21H24F2N4O5S. The van der Waals surface area contributed by atoms with Crippen LogP contribution in [0.3, 0.4) is 0 Å². The van der Waals surface area contributed by atoms with Crippen molar-refractivity contribution in [3.05, 3.63) is 53.7 Å². The zero-order chi connectivity index (χ0) is 24.4. The Morgan fingerprint density at radius 3 is 2.42 bits per heavy atom. The maximum absolute atomic E-state index is 13.5. The van der Waals surface area contributed by atoms with Crippen LogP contribution in [0, 0.1) is 0 Å². The highest BCUT2D eigenvalue weighted by molar-refractivity contribution is 7.87. The number of hydrogen-bond acceptors (Lipinski definition) is 6. The minimum atomic E-state index is -4.15. The summed E-state index contributed by atoms with van der Waals surface area (Å²) in [6.07, 6.45) is 1.24. The van der Waals surface area contributed by atoms with Gasteiger partial charge >= 0.3 is 16.8 Å². The molecule has 0 unspecified atom stereocenters. The number of amides is 2. The van der Waals surface area contributed by atoms with Crippen LogP contribution < -0.4 is 14.8 Å². The molecule has 0 aliphatic carbocycles. The number of aromatic nitrogens is 1. The quantitative estimate of drug-likeness (QED) is 0.597. The fraction of sp³-hybridized carbons (Fsp3) is 0.381. The standard InChI is InChI=1S/C21H24F2N4O5S/c1-13(2)15-7-4-5-8-16(15)21(11-27(12-21)33(30,31)26-14(3)28)19(29)25-17-9-6-10-24-18(17)32-20(22)23/h4-10,13,20H,11-12H2,1-3H3,(H,25,29)(H,26,28). The van der Waals surface area contributed by atoms with Crippen molar-refractivity contribution < 1.29 is 31.5 Å². The van der Waals surface area contributed by atoms with Crippen LogP contribution in [0.5, 0.6) is 5.88 Å². The van der Waals surface area contributed by atoms with E-state index in [2.05, 4.69) is 15.0 Å². The van der Waals surface area contributed by atoms with Gasteiger partial charge < -0.3 is 10.1 Å². The van der Waals surface area contributed by atoms with Gasteiger partial charge in [-0.25, -0.2) is 9.71 Å².